The lowest BCUT2D eigenvalue weighted by Gasteiger charge is -2.34. The molecule has 1 heterocycles. The van der Waals surface area contributed by atoms with Gasteiger partial charge in [0, 0.05) is 16.6 Å². The van der Waals surface area contributed by atoms with Crippen molar-refractivity contribution in [3.8, 4) is 0 Å². The molecule has 1 atom stereocenters. The number of ether oxygens (including phenoxy) is 1. The van der Waals surface area contributed by atoms with Gasteiger partial charge < -0.3 is 9.64 Å². The molecule has 2 aromatic rings. The minimum absolute atomic E-state index is 0.186. The second kappa shape index (κ2) is 7.39. The summed E-state index contributed by atoms with van der Waals surface area (Å²) in [6.45, 7) is 3.24. The molecule has 3 rings (SSSR count). The Balaban J connectivity index is 1.66. The van der Waals surface area contributed by atoms with Gasteiger partial charge in [0.05, 0.1) is 0 Å². The van der Waals surface area contributed by atoms with Gasteiger partial charge in [0.25, 0.3) is 0 Å². The minimum atomic E-state index is -0.214. The largest absolute Gasteiger partial charge is 0.445 e. The first kappa shape index (κ1) is 17.0. The van der Waals surface area contributed by atoms with Crippen molar-refractivity contribution < 1.29 is 9.53 Å². The van der Waals surface area contributed by atoms with E-state index in [0.29, 0.717) is 6.61 Å². The second-order valence-corrected chi connectivity index (χ2v) is 7.51. The minimum Gasteiger partial charge on any atom is -0.445 e. The fourth-order valence-corrected chi connectivity index (χ4v) is 3.85. The zero-order valence-corrected chi connectivity index (χ0v) is 15.5. The molecule has 0 bridgehead atoms. The Morgan fingerprint density at radius 3 is 2.67 bits per heavy atom. The summed E-state index contributed by atoms with van der Waals surface area (Å²) in [5.74, 6) is 0. The van der Waals surface area contributed by atoms with Crippen molar-refractivity contribution in [2.24, 2.45) is 0 Å². The Morgan fingerprint density at radius 2 is 1.92 bits per heavy atom. The molecule has 3 nitrogen and oxygen atoms in total. The van der Waals surface area contributed by atoms with E-state index in [2.05, 4.69) is 35.0 Å². The van der Waals surface area contributed by atoms with E-state index in [9.17, 15) is 4.79 Å². The van der Waals surface area contributed by atoms with Gasteiger partial charge in [-0.15, -0.1) is 0 Å². The molecule has 1 amide bonds. The summed E-state index contributed by atoms with van der Waals surface area (Å²) in [4.78, 5) is 14.5. The molecule has 4 heteroatoms. The van der Waals surface area contributed by atoms with Crippen LogP contribution in [0.5, 0.6) is 0 Å². The SMILES string of the molecule is CC1(Cc2cccc(Br)c2)CCCN1C(=O)OCc1ccccc1. The van der Waals surface area contributed by atoms with Crippen molar-refractivity contribution in [2.75, 3.05) is 6.54 Å². The fraction of sp³-hybridized carbons (Fsp3) is 0.350. The predicted molar refractivity (Wildman–Crippen MR) is 98.8 cm³/mol. The number of nitrogens with zero attached hydrogens (tertiary/aromatic N) is 1. The number of halogens is 1. The van der Waals surface area contributed by atoms with Gasteiger partial charge in [0.15, 0.2) is 0 Å². The van der Waals surface area contributed by atoms with Crippen molar-refractivity contribution in [3.05, 3.63) is 70.2 Å². The van der Waals surface area contributed by atoms with Gasteiger partial charge in [-0.05, 0) is 49.4 Å². The fourth-order valence-electron chi connectivity index (χ4n) is 3.40. The van der Waals surface area contributed by atoms with Crippen LogP contribution in [0.3, 0.4) is 0 Å². The third-order valence-corrected chi connectivity index (χ3v) is 5.14. The van der Waals surface area contributed by atoms with Crippen LogP contribution in [0.15, 0.2) is 59.1 Å². The Labute approximate surface area is 151 Å². The molecule has 0 radical (unpaired) electrons. The van der Waals surface area contributed by atoms with E-state index >= 15 is 0 Å². The average Bonchev–Trinajstić information content (AvgIpc) is 2.95. The monoisotopic (exact) mass is 387 g/mol. The van der Waals surface area contributed by atoms with Crippen LogP contribution in [0, 0.1) is 0 Å². The van der Waals surface area contributed by atoms with Crippen LogP contribution in [0.4, 0.5) is 4.79 Å². The number of benzene rings is 2. The van der Waals surface area contributed by atoms with E-state index in [-0.39, 0.29) is 11.6 Å². The number of likely N-dealkylation sites (tertiary alicyclic amines) is 1. The van der Waals surface area contributed by atoms with Crippen molar-refractivity contribution in [2.45, 2.75) is 38.3 Å². The van der Waals surface area contributed by atoms with Gasteiger partial charge in [0.2, 0.25) is 0 Å². The lowest BCUT2D eigenvalue weighted by Crippen LogP contribution is -2.46. The molecule has 24 heavy (non-hydrogen) atoms. The van der Waals surface area contributed by atoms with Crippen molar-refractivity contribution in [3.63, 3.8) is 0 Å². The topological polar surface area (TPSA) is 29.5 Å². The molecule has 0 spiro atoms. The van der Waals surface area contributed by atoms with E-state index in [4.69, 9.17) is 4.74 Å². The van der Waals surface area contributed by atoms with E-state index < -0.39 is 0 Å². The summed E-state index contributed by atoms with van der Waals surface area (Å²) in [5.41, 5.74) is 2.06. The number of hydrogen-bond donors (Lipinski definition) is 0. The highest BCUT2D eigenvalue weighted by molar-refractivity contribution is 9.10. The Hall–Kier alpha value is -1.81. The number of rotatable bonds is 4. The number of hydrogen-bond acceptors (Lipinski definition) is 2. The predicted octanol–water partition coefficient (Wildman–Crippen LogP) is 5.18. The smallest absolute Gasteiger partial charge is 0.410 e. The molecule has 0 aliphatic carbocycles. The van der Waals surface area contributed by atoms with E-state index in [1.165, 1.54) is 5.56 Å². The molecule has 1 unspecified atom stereocenters. The first-order chi connectivity index (χ1) is 11.6. The van der Waals surface area contributed by atoms with Crippen molar-refractivity contribution in [1.82, 2.24) is 4.90 Å². The van der Waals surface area contributed by atoms with Gasteiger partial charge in [0.1, 0.15) is 6.61 Å². The molecule has 1 aliphatic rings. The third-order valence-electron chi connectivity index (χ3n) is 4.65. The van der Waals surface area contributed by atoms with E-state index in [1.807, 2.05) is 47.4 Å². The molecule has 1 aliphatic heterocycles. The highest BCUT2D eigenvalue weighted by Gasteiger charge is 2.40. The maximum absolute atomic E-state index is 12.6. The van der Waals surface area contributed by atoms with Crippen LogP contribution >= 0.6 is 15.9 Å². The van der Waals surface area contributed by atoms with Gasteiger partial charge in [-0.3, -0.25) is 0 Å². The summed E-state index contributed by atoms with van der Waals surface area (Å²) in [6, 6.07) is 18.1. The van der Waals surface area contributed by atoms with Crippen molar-refractivity contribution in [1.29, 1.82) is 0 Å². The highest BCUT2D eigenvalue weighted by atomic mass is 79.9. The first-order valence-corrected chi connectivity index (χ1v) is 9.09. The second-order valence-electron chi connectivity index (χ2n) is 6.60. The van der Waals surface area contributed by atoms with Crippen LogP contribution in [-0.2, 0) is 17.8 Å². The van der Waals surface area contributed by atoms with Gasteiger partial charge in [-0.25, -0.2) is 4.79 Å². The lowest BCUT2D eigenvalue weighted by atomic mass is 9.90. The molecule has 1 saturated heterocycles. The van der Waals surface area contributed by atoms with E-state index in [0.717, 1.165) is 35.8 Å². The number of amides is 1. The zero-order chi connectivity index (χ0) is 17.0. The standard InChI is InChI=1S/C20H22BrNO2/c1-20(14-17-9-5-10-18(21)13-17)11-6-12-22(20)19(23)24-15-16-7-3-2-4-8-16/h2-5,7-10,13H,6,11-12,14-15H2,1H3. The third kappa shape index (κ3) is 3.99. The van der Waals surface area contributed by atoms with Crippen LogP contribution in [0.25, 0.3) is 0 Å². The maximum Gasteiger partial charge on any atom is 0.410 e. The summed E-state index contributed by atoms with van der Waals surface area (Å²) in [5, 5.41) is 0. The van der Waals surface area contributed by atoms with Crippen LogP contribution in [-0.4, -0.2) is 23.1 Å². The summed E-state index contributed by atoms with van der Waals surface area (Å²) in [6.07, 6.45) is 2.64. The Bertz CT molecular complexity index is 704. The Kier molecular flexibility index (Phi) is 5.24. The molecular weight excluding hydrogens is 366 g/mol. The maximum atomic E-state index is 12.6. The van der Waals surface area contributed by atoms with Gasteiger partial charge >= 0.3 is 6.09 Å². The molecular formula is C20H22BrNO2. The average molecular weight is 388 g/mol. The number of carbonyl (C=O) groups is 1. The molecule has 0 aromatic heterocycles. The quantitative estimate of drug-likeness (QED) is 0.722. The lowest BCUT2D eigenvalue weighted by molar-refractivity contribution is 0.0701. The molecule has 2 aromatic carbocycles. The normalized spacial score (nSPS) is 20.2. The van der Waals surface area contributed by atoms with Crippen LogP contribution < -0.4 is 0 Å². The van der Waals surface area contributed by atoms with Gasteiger partial charge in [-0.2, -0.15) is 0 Å². The number of carbonyl (C=O) groups excluding carboxylic acids is 1. The molecule has 1 fully saturated rings. The first-order valence-electron chi connectivity index (χ1n) is 8.30. The highest BCUT2D eigenvalue weighted by Crippen LogP contribution is 2.33. The Morgan fingerprint density at radius 1 is 1.17 bits per heavy atom. The van der Waals surface area contributed by atoms with Crippen molar-refractivity contribution >= 4 is 22.0 Å². The summed E-state index contributed by atoms with van der Waals surface area (Å²) >= 11 is 3.52. The molecule has 126 valence electrons. The molecule has 0 saturated carbocycles. The molecule has 0 N–H and O–H groups in total. The summed E-state index contributed by atoms with van der Waals surface area (Å²) < 4.78 is 6.62. The van der Waals surface area contributed by atoms with E-state index in [1.54, 1.807) is 0 Å². The van der Waals surface area contributed by atoms with Crippen LogP contribution in [0.2, 0.25) is 0 Å². The zero-order valence-electron chi connectivity index (χ0n) is 13.9. The van der Waals surface area contributed by atoms with Gasteiger partial charge in [-0.1, -0.05) is 58.4 Å². The summed E-state index contributed by atoms with van der Waals surface area (Å²) in [7, 11) is 0. The van der Waals surface area contributed by atoms with Crippen LogP contribution in [0.1, 0.15) is 30.9 Å².